The van der Waals surface area contributed by atoms with E-state index in [1.165, 1.54) is 23.5 Å². The number of rotatable bonds is 7. The van der Waals surface area contributed by atoms with Crippen molar-refractivity contribution in [1.29, 1.82) is 0 Å². The van der Waals surface area contributed by atoms with Gasteiger partial charge in [-0.15, -0.1) is 4.91 Å². The molecule has 31 heavy (non-hydrogen) atoms. The molecule has 1 aromatic heterocycles. The van der Waals surface area contributed by atoms with Crippen molar-refractivity contribution in [3.05, 3.63) is 104 Å². The van der Waals surface area contributed by atoms with Crippen molar-refractivity contribution in [2.75, 3.05) is 6.54 Å². The zero-order valence-electron chi connectivity index (χ0n) is 17.8. The molecule has 6 heteroatoms. The molecule has 0 atom stereocenters. The Kier molecular flexibility index (Phi) is 6.00. The fourth-order valence-electron chi connectivity index (χ4n) is 3.76. The Morgan fingerprint density at radius 1 is 1.10 bits per heavy atom. The first kappa shape index (κ1) is 21.0. The van der Waals surface area contributed by atoms with E-state index >= 15 is 0 Å². The lowest BCUT2D eigenvalue weighted by molar-refractivity contribution is 0.220. The van der Waals surface area contributed by atoms with E-state index in [0.29, 0.717) is 12.3 Å². The Hall–Kier alpha value is -3.25. The second kappa shape index (κ2) is 8.86. The molecule has 160 valence electrons. The van der Waals surface area contributed by atoms with Crippen LogP contribution in [0.5, 0.6) is 5.75 Å². The van der Waals surface area contributed by atoms with Crippen LogP contribution >= 0.6 is 0 Å². The summed E-state index contributed by atoms with van der Waals surface area (Å²) in [6.07, 6.45) is 2.39. The molecule has 0 aliphatic carbocycles. The van der Waals surface area contributed by atoms with Gasteiger partial charge >= 0.3 is 0 Å². The fourth-order valence-corrected chi connectivity index (χ4v) is 3.76. The summed E-state index contributed by atoms with van der Waals surface area (Å²) in [4.78, 5) is 25.7. The predicted molar refractivity (Wildman–Crippen MR) is 119 cm³/mol. The molecule has 0 radical (unpaired) electrons. The summed E-state index contributed by atoms with van der Waals surface area (Å²) in [6.45, 7) is 6.14. The average molecular weight is 418 g/mol. The standard InChI is InChI=1S/C25H26N2O4/c1-25(2,26-29)21-9-7-18(8-10-21)16-31-24-17-30-22(13-23(24)28)15-27-12-11-19-5-3-4-6-20(19)14-27/h3-10,13,17H,11-12,14-16H2,1-2H3. The van der Waals surface area contributed by atoms with E-state index in [4.69, 9.17) is 9.15 Å². The maximum Gasteiger partial charge on any atom is 0.227 e. The largest absolute Gasteiger partial charge is 0.482 e. The van der Waals surface area contributed by atoms with Crippen LogP contribution in [0.25, 0.3) is 0 Å². The van der Waals surface area contributed by atoms with E-state index in [-0.39, 0.29) is 17.8 Å². The van der Waals surface area contributed by atoms with Crippen molar-refractivity contribution in [3.8, 4) is 5.75 Å². The molecule has 2 aromatic carbocycles. The van der Waals surface area contributed by atoms with Gasteiger partial charge in [-0.2, -0.15) is 0 Å². The summed E-state index contributed by atoms with van der Waals surface area (Å²) in [5.41, 5.74) is 3.47. The fraction of sp³-hybridized carbons (Fsp3) is 0.320. The Morgan fingerprint density at radius 3 is 2.55 bits per heavy atom. The van der Waals surface area contributed by atoms with Crippen molar-refractivity contribution in [2.24, 2.45) is 5.18 Å². The number of hydrogen-bond donors (Lipinski definition) is 0. The first-order valence-corrected chi connectivity index (χ1v) is 10.4. The van der Waals surface area contributed by atoms with Crippen molar-refractivity contribution in [3.63, 3.8) is 0 Å². The molecule has 6 nitrogen and oxygen atoms in total. The van der Waals surface area contributed by atoms with Crippen molar-refractivity contribution >= 4 is 0 Å². The Morgan fingerprint density at radius 2 is 1.84 bits per heavy atom. The molecule has 1 aliphatic heterocycles. The minimum absolute atomic E-state index is 0.187. The SMILES string of the molecule is CC(C)(N=O)c1ccc(COc2coc(CN3CCc4ccccc4C3)cc2=O)cc1. The third-order valence-electron chi connectivity index (χ3n) is 5.72. The van der Waals surface area contributed by atoms with Crippen LogP contribution in [0.3, 0.4) is 0 Å². The van der Waals surface area contributed by atoms with Gasteiger partial charge in [0.1, 0.15) is 24.2 Å². The monoisotopic (exact) mass is 418 g/mol. The first-order valence-electron chi connectivity index (χ1n) is 10.4. The highest BCUT2D eigenvalue weighted by Gasteiger charge is 2.21. The van der Waals surface area contributed by atoms with E-state index in [2.05, 4.69) is 34.3 Å². The van der Waals surface area contributed by atoms with Crippen molar-refractivity contribution in [2.45, 2.75) is 45.5 Å². The number of nitrogens with zero attached hydrogens (tertiary/aromatic N) is 2. The van der Waals surface area contributed by atoms with Crippen molar-refractivity contribution in [1.82, 2.24) is 4.90 Å². The molecule has 0 unspecified atom stereocenters. The second-order valence-electron chi connectivity index (χ2n) is 8.44. The van der Waals surface area contributed by atoms with E-state index < -0.39 is 5.54 Å². The molecular weight excluding hydrogens is 392 g/mol. The van der Waals surface area contributed by atoms with Gasteiger partial charge in [0.2, 0.25) is 11.2 Å². The van der Waals surface area contributed by atoms with Crippen LogP contribution in [-0.4, -0.2) is 11.4 Å². The molecule has 4 rings (SSSR count). The van der Waals surface area contributed by atoms with Crippen molar-refractivity contribution < 1.29 is 9.15 Å². The molecule has 0 bridgehead atoms. The molecule has 0 spiro atoms. The smallest absolute Gasteiger partial charge is 0.227 e. The summed E-state index contributed by atoms with van der Waals surface area (Å²) in [5.74, 6) is 0.816. The van der Waals surface area contributed by atoms with E-state index in [1.807, 2.05) is 24.3 Å². The number of ether oxygens (including phenoxy) is 1. The topological polar surface area (TPSA) is 72.1 Å². The van der Waals surface area contributed by atoms with Gasteiger partial charge in [0.05, 0.1) is 6.54 Å². The summed E-state index contributed by atoms with van der Waals surface area (Å²) in [5, 5.41) is 3.15. The summed E-state index contributed by atoms with van der Waals surface area (Å²) in [6, 6.07) is 17.4. The van der Waals surface area contributed by atoms with E-state index in [0.717, 1.165) is 30.6 Å². The lowest BCUT2D eigenvalue weighted by atomic mass is 9.95. The molecule has 0 fully saturated rings. The van der Waals surface area contributed by atoms with Gasteiger partial charge < -0.3 is 9.15 Å². The zero-order valence-corrected chi connectivity index (χ0v) is 17.8. The maximum atomic E-state index is 12.5. The molecule has 0 N–H and O–H groups in total. The van der Waals surface area contributed by atoms with Crippen LogP contribution in [-0.2, 0) is 31.7 Å². The molecule has 2 heterocycles. The highest BCUT2D eigenvalue weighted by molar-refractivity contribution is 5.30. The van der Waals surface area contributed by atoms with Crippen LogP contribution in [0.1, 0.15) is 41.9 Å². The Bertz CT molecular complexity index is 1120. The van der Waals surface area contributed by atoms with Gasteiger partial charge in [-0.3, -0.25) is 9.69 Å². The van der Waals surface area contributed by atoms with Crippen LogP contribution in [0.4, 0.5) is 0 Å². The summed E-state index contributed by atoms with van der Waals surface area (Å²) < 4.78 is 11.3. The van der Waals surface area contributed by atoms with Crippen LogP contribution in [0.2, 0.25) is 0 Å². The molecule has 1 aliphatic rings. The molecule has 0 saturated heterocycles. The molecule has 0 amide bonds. The van der Waals surface area contributed by atoms with Gasteiger partial charge in [-0.1, -0.05) is 53.7 Å². The van der Waals surface area contributed by atoms with Crippen LogP contribution in [0, 0.1) is 4.91 Å². The molecule has 0 saturated carbocycles. The predicted octanol–water partition coefficient (Wildman–Crippen LogP) is 4.78. The third-order valence-corrected chi connectivity index (χ3v) is 5.72. The molecule has 3 aromatic rings. The number of fused-ring (bicyclic) bond motifs is 1. The van der Waals surface area contributed by atoms with Crippen LogP contribution in [0.15, 0.2) is 75.2 Å². The minimum atomic E-state index is -0.771. The summed E-state index contributed by atoms with van der Waals surface area (Å²) in [7, 11) is 0. The maximum absolute atomic E-state index is 12.5. The quantitative estimate of drug-likeness (QED) is 0.517. The van der Waals surface area contributed by atoms with Gasteiger partial charge in [0, 0.05) is 19.2 Å². The van der Waals surface area contributed by atoms with Gasteiger partial charge in [0.15, 0.2) is 0 Å². The number of nitroso groups, excluding NO2 is 1. The van der Waals surface area contributed by atoms with E-state index in [9.17, 15) is 9.70 Å². The number of hydrogen-bond acceptors (Lipinski definition) is 6. The first-order chi connectivity index (χ1) is 14.9. The summed E-state index contributed by atoms with van der Waals surface area (Å²) >= 11 is 0. The lowest BCUT2D eigenvalue weighted by Gasteiger charge is -2.28. The Balaban J connectivity index is 1.36. The second-order valence-corrected chi connectivity index (χ2v) is 8.44. The van der Waals surface area contributed by atoms with E-state index in [1.54, 1.807) is 13.8 Å². The zero-order chi connectivity index (χ0) is 21.8. The highest BCUT2D eigenvalue weighted by Crippen LogP contribution is 2.25. The van der Waals surface area contributed by atoms with Gasteiger partial charge in [0.25, 0.3) is 0 Å². The number of benzene rings is 2. The van der Waals surface area contributed by atoms with Gasteiger partial charge in [-0.25, -0.2) is 0 Å². The minimum Gasteiger partial charge on any atom is -0.482 e. The third kappa shape index (κ3) is 4.91. The highest BCUT2D eigenvalue weighted by atomic mass is 16.5. The normalized spacial score (nSPS) is 14.1. The van der Waals surface area contributed by atoms with Crippen LogP contribution < -0.4 is 10.2 Å². The Labute approximate surface area is 181 Å². The molecular formula is C25H26N2O4. The average Bonchev–Trinajstić information content (AvgIpc) is 2.79. The van der Waals surface area contributed by atoms with Gasteiger partial charge in [-0.05, 0) is 42.5 Å². The lowest BCUT2D eigenvalue weighted by Crippen LogP contribution is -2.30.